The van der Waals surface area contributed by atoms with Crippen molar-refractivity contribution < 1.29 is 18.3 Å². The van der Waals surface area contributed by atoms with Gasteiger partial charge >= 0.3 is 0 Å². The van der Waals surface area contributed by atoms with Crippen molar-refractivity contribution in [3.05, 3.63) is 18.1 Å². The van der Waals surface area contributed by atoms with Crippen molar-refractivity contribution in [3.63, 3.8) is 0 Å². The van der Waals surface area contributed by atoms with Crippen molar-refractivity contribution in [1.29, 1.82) is 0 Å². The minimum atomic E-state index is -2.80. The molecule has 0 aliphatic carbocycles. The maximum Gasteiger partial charge on any atom is 0.284 e. The summed E-state index contributed by atoms with van der Waals surface area (Å²) in [6.07, 6.45) is 1.29. The third kappa shape index (κ3) is 3.93. The van der Waals surface area contributed by atoms with E-state index in [-0.39, 0.29) is 35.9 Å². The van der Waals surface area contributed by atoms with Crippen molar-refractivity contribution >= 4 is 11.9 Å². The van der Waals surface area contributed by atoms with Gasteiger partial charge in [0, 0.05) is 50.5 Å². The van der Waals surface area contributed by atoms with Gasteiger partial charge in [0.05, 0.1) is 13.3 Å². The van der Waals surface area contributed by atoms with Crippen molar-refractivity contribution in [2.24, 2.45) is 0 Å². The average molecular weight is 421 g/mol. The van der Waals surface area contributed by atoms with E-state index in [0.29, 0.717) is 25.2 Å². The number of alkyl halides is 2. The second kappa shape index (κ2) is 8.50. The lowest BCUT2D eigenvalue weighted by Gasteiger charge is -2.39. The standard InChI is InChI=1S/C19H25F2N7O2/c1-12-3-6-28(12)19-24-15(17(30-2)16(25-19)18(20)21)13-9-23-27(10-13)11-14(29)26-7-4-22-5-8-26/h9-10,12,18,22H,3-8,11H2,1-2H3/t12-/m0/s1. The summed E-state index contributed by atoms with van der Waals surface area (Å²) in [7, 11) is 1.32. The van der Waals surface area contributed by atoms with E-state index < -0.39 is 12.1 Å². The number of carbonyl (C=O) groups excluding carboxylic acids is 1. The van der Waals surface area contributed by atoms with Gasteiger partial charge in [0.1, 0.15) is 12.2 Å². The van der Waals surface area contributed by atoms with E-state index in [0.717, 1.165) is 19.5 Å². The van der Waals surface area contributed by atoms with Crippen LogP contribution in [0.15, 0.2) is 12.4 Å². The fourth-order valence-electron chi connectivity index (χ4n) is 3.67. The van der Waals surface area contributed by atoms with Gasteiger partial charge in [0.2, 0.25) is 11.9 Å². The van der Waals surface area contributed by atoms with Crippen LogP contribution in [-0.2, 0) is 11.3 Å². The maximum absolute atomic E-state index is 13.7. The van der Waals surface area contributed by atoms with Crippen LogP contribution in [0, 0.1) is 0 Å². The van der Waals surface area contributed by atoms with Crippen molar-refractivity contribution in [3.8, 4) is 17.0 Å². The number of rotatable bonds is 6. The number of nitrogens with zero attached hydrogens (tertiary/aromatic N) is 6. The summed E-state index contributed by atoms with van der Waals surface area (Å²) in [5.41, 5.74) is 0.303. The molecule has 0 aromatic carbocycles. The Kier molecular flexibility index (Phi) is 5.80. The second-order valence-electron chi connectivity index (χ2n) is 7.48. The lowest BCUT2D eigenvalue weighted by Crippen LogP contribution is -2.47. The summed E-state index contributed by atoms with van der Waals surface area (Å²) >= 11 is 0. The first kappa shape index (κ1) is 20.5. The molecule has 1 amide bonds. The van der Waals surface area contributed by atoms with Crippen molar-refractivity contribution in [1.82, 2.24) is 30.0 Å². The molecule has 4 heterocycles. The van der Waals surface area contributed by atoms with E-state index in [2.05, 4.69) is 20.4 Å². The van der Waals surface area contributed by atoms with E-state index >= 15 is 0 Å². The van der Waals surface area contributed by atoms with Gasteiger partial charge in [-0.15, -0.1) is 0 Å². The summed E-state index contributed by atoms with van der Waals surface area (Å²) in [6, 6.07) is 0.191. The number of methoxy groups -OCH3 is 1. The van der Waals surface area contributed by atoms with Gasteiger partial charge < -0.3 is 19.9 Å². The summed E-state index contributed by atoms with van der Waals surface area (Å²) < 4.78 is 34.1. The number of nitrogens with one attached hydrogen (secondary N) is 1. The quantitative estimate of drug-likeness (QED) is 0.753. The number of piperazine rings is 1. The molecule has 162 valence electrons. The second-order valence-corrected chi connectivity index (χ2v) is 7.48. The number of hydrogen-bond acceptors (Lipinski definition) is 7. The molecular weight excluding hydrogens is 396 g/mol. The number of carbonyl (C=O) groups is 1. The SMILES string of the molecule is COc1c(-c2cnn(CC(=O)N3CCNCC3)c2)nc(N2CC[C@@H]2C)nc1C(F)F. The first-order valence-corrected chi connectivity index (χ1v) is 10.00. The molecule has 0 spiro atoms. The highest BCUT2D eigenvalue weighted by molar-refractivity contribution is 5.76. The molecule has 1 N–H and O–H groups in total. The molecule has 30 heavy (non-hydrogen) atoms. The fraction of sp³-hybridized carbons (Fsp3) is 0.579. The molecule has 0 saturated carbocycles. The summed E-state index contributed by atoms with van der Waals surface area (Å²) in [5.74, 6) is 0.142. The molecule has 11 heteroatoms. The summed E-state index contributed by atoms with van der Waals surface area (Å²) in [5, 5.41) is 7.44. The number of aromatic nitrogens is 4. The van der Waals surface area contributed by atoms with Crippen LogP contribution in [-0.4, -0.2) is 76.4 Å². The molecule has 2 saturated heterocycles. The Balaban J connectivity index is 1.63. The predicted molar refractivity (Wildman–Crippen MR) is 106 cm³/mol. The Labute approximate surface area is 173 Å². The van der Waals surface area contributed by atoms with Crippen LogP contribution < -0.4 is 15.0 Å². The van der Waals surface area contributed by atoms with E-state index in [1.165, 1.54) is 18.0 Å². The molecule has 2 fully saturated rings. The summed E-state index contributed by atoms with van der Waals surface area (Å²) in [6.45, 7) is 5.63. The minimum absolute atomic E-state index is 0.0378. The van der Waals surface area contributed by atoms with Crippen LogP contribution in [0.25, 0.3) is 11.3 Å². The van der Waals surface area contributed by atoms with E-state index in [4.69, 9.17) is 4.74 Å². The van der Waals surface area contributed by atoms with Gasteiger partial charge in [0.25, 0.3) is 6.43 Å². The Morgan fingerprint density at radius 1 is 1.30 bits per heavy atom. The molecule has 4 rings (SSSR count). The number of hydrogen-bond donors (Lipinski definition) is 1. The van der Waals surface area contributed by atoms with Crippen LogP contribution in [0.4, 0.5) is 14.7 Å². The molecule has 2 aromatic heterocycles. The first-order chi connectivity index (χ1) is 14.5. The Morgan fingerprint density at radius 3 is 2.67 bits per heavy atom. The third-order valence-electron chi connectivity index (χ3n) is 5.54. The van der Waals surface area contributed by atoms with Crippen LogP contribution in [0.1, 0.15) is 25.5 Å². The monoisotopic (exact) mass is 421 g/mol. The molecule has 2 aromatic rings. The molecule has 2 aliphatic heterocycles. The third-order valence-corrected chi connectivity index (χ3v) is 5.54. The van der Waals surface area contributed by atoms with Gasteiger partial charge in [-0.3, -0.25) is 9.48 Å². The normalized spacial score (nSPS) is 19.2. The average Bonchev–Trinajstić information content (AvgIpc) is 3.20. The highest BCUT2D eigenvalue weighted by Crippen LogP contribution is 2.38. The minimum Gasteiger partial charge on any atom is -0.492 e. The zero-order valence-corrected chi connectivity index (χ0v) is 17.0. The lowest BCUT2D eigenvalue weighted by atomic mass is 10.1. The lowest BCUT2D eigenvalue weighted by molar-refractivity contribution is -0.132. The highest BCUT2D eigenvalue weighted by atomic mass is 19.3. The van der Waals surface area contributed by atoms with Gasteiger partial charge in [-0.25, -0.2) is 18.7 Å². The van der Waals surface area contributed by atoms with E-state index in [1.807, 2.05) is 11.8 Å². The topological polar surface area (TPSA) is 88.4 Å². The fourth-order valence-corrected chi connectivity index (χ4v) is 3.67. The smallest absolute Gasteiger partial charge is 0.284 e. The molecule has 0 radical (unpaired) electrons. The van der Waals surface area contributed by atoms with Crippen LogP contribution in [0.2, 0.25) is 0 Å². The maximum atomic E-state index is 13.7. The number of ether oxygens (including phenoxy) is 1. The van der Waals surface area contributed by atoms with Crippen LogP contribution >= 0.6 is 0 Å². The Hall–Kier alpha value is -2.82. The molecular formula is C19H25F2N7O2. The van der Waals surface area contributed by atoms with Gasteiger partial charge in [-0.2, -0.15) is 5.10 Å². The Bertz CT molecular complexity index is 914. The largest absolute Gasteiger partial charge is 0.492 e. The number of amides is 1. The van der Waals surface area contributed by atoms with Crippen LogP contribution in [0.3, 0.4) is 0 Å². The first-order valence-electron chi connectivity index (χ1n) is 10.00. The highest BCUT2D eigenvalue weighted by Gasteiger charge is 2.31. The zero-order chi connectivity index (χ0) is 21.3. The zero-order valence-electron chi connectivity index (χ0n) is 17.0. The summed E-state index contributed by atoms with van der Waals surface area (Å²) in [4.78, 5) is 24.7. The molecule has 2 aliphatic rings. The van der Waals surface area contributed by atoms with Gasteiger partial charge in [-0.05, 0) is 13.3 Å². The van der Waals surface area contributed by atoms with E-state index in [9.17, 15) is 13.6 Å². The molecule has 0 bridgehead atoms. The molecule has 0 unspecified atom stereocenters. The molecule has 1 atom stereocenters. The Morgan fingerprint density at radius 2 is 2.07 bits per heavy atom. The van der Waals surface area contributed by atoms with Crippen LogP contribution in [0.5, 0.6) is 5.75 Å². The number of anilines is 1. The predicted octanol–water partition coefficient (Wildman–Crippen LogP) is 1.32. The van der Waals surface area contributed by atoms with Gasteiger partial charge in [-0.1, -0.05) is 0 Å². The van der Waals surface area contributed by atoms with Crippen molar-refractivity contribution in [2.75, 3.05) is 44.7 Å². The van der Waals surface area contributed by atoms with Gasteiger partial charge in [0.15, 0.2) is 11.4 Å². The number of halogens is 2. The van der Waals surface area contributed by atoms with E-state index in [1.54, 1.807) is 11.1 Å². The van der Waals surface area contributed by atoms with Crippen molar-refractivity contribution in [2.45, 2.75) is 32.4 Å². The molecule has 9 nitrogen and oxygen atoms in total.